The summed E-state index contributed by atoms with van der Waals surface area (Å²) in [5, 5.41) is 10.6. The van der Waals surface area contributed by atoms with Crippen molar-refractivity contribution < 1.29 is 9.52 Å². The van der Waals surface area contributed by atoms with Crippen LogP contribution in [-0.4, -0.2) is 5.11 Å². The maximum Gasteiger partial charge on any atom is 0.137 e. The zero-order valence-electron chi connectivity index (χ0n) is 7.65. The molecule has 0 fully saturated rings. The van der Waals surface area contributed by atoms with Gasteiger partial charge in [0, 0.05) is 3.57 Å². The van der Waals surface area contributed by atoms with Gasteiger partial charge in [-0.2, -0.15) is 0 Å². The summed E-state index contributed by atoms with van der Waals surface area (Å²) in [4.78, 5) is 0. The van der Waals surface area contributed by atoms with Gasteiger partial charge in [0.05, 0.1) is 11.3 Å². The maximum atomic E-state index is 9.94. The molecule has 1 N–H and O–H groups in total. The number of benzene rings is 1. The van der Waals surface area contributed by atoms with Crippen molar-refractivity contribution in [2.45, 2.75) is 6.10 Å². The van der Waals surface area contributed by atoms with Gasteiger partial charge >= 0.3 is 0 Å². The van der Waals surface area contributed by atoms with Crippen molar-refractivity contribution in [2.75, 3.05) is 0 Å². The zero-order chi connectivity index (χ0) is 10.8. The Morgan fingerprint density at radius 2 is 2.13 bits per heavy atom. The molecule has 1 aromatic carbocycles. The van der Waals surface area contributed by atoms with Gasteiger partial charge in [0.15, 0.2) is 0 Å². The number of furan rings is 1. The Hall–Kier alpha value is -0.520. The van der Waals surface area contributed by atoms with Gasteiger partial charge in [-0.15, -0.1) is 0 Å². The predicted molar refractivity (Wildman–Crippen MR) is 66.9 cm³/mol. The first-order chi connectivity index (χ1) is 7.18. The quantitative estimate of drug-likeness (QED) is 0.851. The molecule has 0 spiro atoms. The lowest BCUT2D eigenvalue weighted by Gasteiger charge is -2.08. The molecule has 0 aliphatic rings. The number of hydrogen-bond donors (Lipinski definition) is 1. The fraction of sp³-hybridized carbons (Fsp3) is 0.0909. The molecule has 0 bridgehead atoms. The van der Waals surface area contributed by atoms with Gasteiger partial charge in [-0.1, -0.05) is 17.7 Å². The van der Waals surface area contributed by atoms with Crippen LogP contribution in [0.2, 0.25) is 5.02 Å². The van der Waals surface area contributed by atoms with Crippen LogP contribution in [-0.2, 0) is 0 Å². The highest BCUT2D eigenvalue weighted by molar-refractivity contribution is 14.1. The average molecular weight is 335 g/mol. The molecule has 0 aliphatic carbocycles. The first-order valence-corrected chi connectivity index (χ1v) is 5.80. The van der Waals surface area contributed by atoms with E-state index >= 15 is 0 Å². The van der Waals surface area contributed by atoms with Crippen molar-refractivity contribution in [1.29, 1.82) is 0 Å². The molecule has 2 nitrogen and oxygen atoms in total. The minimum Gasteiger partial charge on any atom is -0.466 e. The van der Waals surface area contributed by atoms with Crippen LogP contribution >= 0.6 is 34.2 Å². The molecule has 0 saturated heterocycles. The molecule has 78 valence electrons. The topological polar surface area (TPSA) is 33.4 Å². The summed E-state index contributed by atoms with van der Waals surface area (Å²) >= 11 is 8.11. The maximum absolute atomic E-state index is 9.94. The number of hydrogen-bond acceptors (Lipinski definition) is 2. The van der Waals surface area contributed by atoms with Crippen LogP contribution in [0.5, 0.6) is 0 Å². The summed E-state index contributed by atoms with van der Waals surface area (Å²) in [5.74, 6) is 0.521. The van der Waals surface area contributed by atoms with Gasteiger partial charge in [0.1, 0.15) is 11.9 Å². The Morgan fingerprint density at radius 3 is 2.73 bits per heavy atom. The third-order valence-electron chi connectivity index (χ3n) is 2.07. The largest absolute Gasteiger partial charge is 0.466 e. The lowest BCUT2D eigenvalue weighted by atomic mass is 10.1. The number of aliphatic hydroxyl groups is 1. The Balaban J connectivity index is 2.34. The average Bonchev–Trinajstić information content (AvgIpc) is 2.74. The van der Waals surface area contributed by atoms with E-state index in [0.717, 1.165) is 9.13 Å². The van der Waals surface area contributed by atoms with E-state index in [1.54, 1.807) is 18.2 Å². The molecule has 15 heavy (non-hydrogen) atoms. The lowest BCUT2D eigenvalue weighted by Crippen LogP contribution is -1.98. The monoisotopic (exact) mass is 334 g/mol. The number of rotatable bonds is 2. The van der Waals surface area contributed by atoms with Crippen molar-refractivity contribution in [1.82, 2.24) is 0 Å². The summed E-state index contributed by atoms with van der Waals surface area (Å²) < 4.78 is 6.09. The first kappa shape index (κ1) is 11.0. The Labute approximate surface area is 106 Å². The van der Waals surface area contributed by atoms with Gasteiger partial charge < -0.3 is 9.52 Å². The minimum atomic E-state index is -0.755. The van der Waals surface area contributed by atoms with Gasteiger partial charge in [0.25, 0.3) is 0 Å². The van der Waals surface area contributed by atoms with E-state index in [-0.39, 0.29) is 0 Å². The zero-order valence-corrected chi connectivity index (χ0v) is 10.6. The molecule has 4 heteroatoms. The van der Waals surface area contributed by atoms with E-state index in [9.17, 15) is 5.11 Å². The second-order valence-electron chi connectivity index (χ2n) is 3.09. The summed E-state index contributed by atoms with van der Waals surface area (Å²) in [5.41, 5.74) is 0.732. The fourth-order valence-corrected chi connectivity index (χ4v) is 1.82. The Morgan fingerprint density at radius 1 is 1.33 bits per heavy atom. The third-order valence-corrected chi connectivity index (χ3v) is 3.64. The Kier molecular flexibility index (Phi) is 3.33. The molecule has 0 radical (unpaired) electrons. The van der Waals surface area contributed by atoms with Crippen molar-refractivity contribution >= 4 is 34.2 Å². The molecule has 0 amide bonds. The minimum absolute atomic E-state index is 0.521. The van der Waals surface area contributed by atoms with E-state index in [1.807, 2.05) is 12.1 Å². The molecular formula is C11H8ClIO2. The smallest absolute Gasteiger partial charge is 0.137 e. The second-order valence-corrected chi connectivity index (χ2v) is 4.66. The van der Waals surface area contributed by atoms with Crippen LogP contribution in [0, 0.1) is 3.57 Å². The number of halogens is 2. The van der Waals surface area contributed by atoms with Crippen LogP contribution in [0.25, 0.3) is 0 Å². The molecular weight excluding hydrogens is 326 g/mol. The fourth-order valence-electron chi connectivity index (χ4n) is 1.29. The lowest BCUT2D eigenvalue weighted by molar-refractivity contribution is 0.189. The first-order valence-electron chi connectivity index (χ1n) is 4.35. The van der Waals surface area contributed by atoms with E-state index in [2.05, 4.69) is 22.6 Å². The summed E-state index contributed by atoms with van der Waals surface area (Å²) in [6, 6.07) is 8.92. The SMILES string of the molecule is OC(c1ccc(I)c(Cl)c1)c1ccco1. The van der Waals surface area contributed by atoms with Crippen molar-refractivity contribution in [3.63, 3.8) is 0 Å². The van der Waals surface area contributed by atoms with Gasteiger partial charge in [0.2, 0.25) is 0 Å². The normalized spacial score (nSPS) is 12.7. The van der Waals surface area contributed by atoms with Gasteiger partial charge in [-0.05, 0) is 52.4 Å². The van der Waals surface area contributed by atoms with Crippen LogP contribution in [0.1, 0.15) is 17.4 Å². The van der Waals surface area contributed by atoms with Crippen LogP contribution in [0.4, 0.5) is 0 Å². The van der Waals surface area contributed by atoms with Crippen LogP contribution in [0.15, 0.2) is 41.0 Å². The Bertz CT molecular complexity index is 454. The summed E-state index contributed by atoms with van der Waals surface area (Å²) in [6.45, 7) is 0. The van der Waals surface area contributed by atoms with Gasteiger partial charge in [-0.3, -0.25) is 0 Å². The highest BCUT2D eigenvalue weighted by Crippen LogP contribution is 2.27. The van der Waals surface area contributed by atoms with Crippen LogP contribution in [0.3, 0.4) is 0 Å². The highest BCUT2D eigenvalue weighted by Gasteiger charge is 2.13. The molecule has 1 unspecified atom stereocenters. The molecule has 2 aromatic rings. The molecule has 1 atom stereocenters. The standard InChI is InChI=1S/C11H8ClIO2/c12-8-6-7(3-4-9(8)13)11(14)10-2-1-5-15-10/h1-6,11,14H. The van der Waals surface area contributed by atoms with Crippen molar-refractivity contribution in [3.05, 3.63) is 56.5 Å². The summed E-state index contributed by atoms with van der Waals surface area (Å²) in [7, 11) is 0. The van der Waals surface area contributed by atoms with E-state index < -0.39 is 6.10 Å². The van der Waals surface area contributed by atoms with Crippen LogP contribution < -0.4 is 0 Å². The molecule has 1 aromatic heterocycles. The molecule has 0 saturated carbocycles. The molecule has 1 heterocycles. The molecule has 2 rings (SSSR count). The van der Waals surface area contributed by atoms with Gasteiger partial charge in [-0.25, -0.2) is 0 Å². The highest BCUT2D eigenvalue weighted by atomic mass is 127. The van der Waals surface area contributed by atoms with Crippen molar-refractivity contribution in [3.8, 4) is 0 Å². The van der Waals surface area contributed by atoms with E-state index in [1.165, 1.54) is 6.26 Å². The van der Waals surface area contributed by atoms with E-state index in [0.29, 0.717) is 10.8 Å². The molecule has 0 aliphatic heterocycles. The predicted octanol–water partition coefficient (Wildman–Crippen LogP) is 3.62. The van der Waals surface area contributed by atoms with E-state index in [4.69, 9.17) is 16.0 Å². The second kappa shape index (κ2) is 4.55. The summed E-state index contributed by atoms with van der Waals surface area (Å²) in [6.07, 6.45) is 0.779. The third kappa shape index (κ3) is 2.35. The van der Waals surface area contributed by atoms with Crippen molar-refractivity contribution in [2.24, 2.45) is 0 Å². The number of aliphatic hydroxyl groups excluding tert-OH is 1.